The van der Waals surface area contributed by atoms with Crippen molar-refractivity contribution >= 4 is 68.9 Å². The molecule has 0 aliphatic carbocycles. The van der Waals surface area contributed by atoms with Crippen molar-refractivity contribution in [3.05, 3.63) is 0 Å². The zero-order valence-electron chi connectivity index (χ0n) is 2.44. The molecule has 0 saturated carbocycles. The van der Waals surface area contributed by atoms with Gasteiger partial charge in [-0.05, 0) is 0 Å². The first kappa shape index (κ1) is 16.3. The van der Waals surface area contributed by atoms with E-state index in [2.05, 4.69) is 0 Å². The van der Waals surface area contributed by atoms with Crippen LogP contribution in [0, 0.1) is 0 Å². The van der Waals surface area contributed by atoms with Gasteiger partial charge in [0.25, 0.3) is 0 Å². The van der Waals surface area contributed by atoms with Crippen LogP contribution in [0.3, 0.4) is 0 Å². The summed E-state index contributed by atoms with van der Waals surface area (Å²) < 4.78 is 31.9. The average Bonchev–Trinajstić information content (AvgIpc) is 0.722. The molecule has 0 unspecified atom stereocenters. The van der Waals surface area contributed by atoms with Gasteiger partial charge in [0.2, 0.25) is 0 Å². The number of hydrogen-bond acceptors (Lipinski definition) is 2. The molecule has 0 atom stereocenters. The Labute approximate surface area is 112 Å². The molecule has 0 aromatic carbocycles. The van der Waals surface area contributed by atoms with Crippen molar-refractivity contribution in [1.29, 1.82) is 0 Å². The second kappa shape index (κ2) is 6.71. The molecule has 0 aliphatic rings. The van der Waals surface area contributed by atoms with Gasteiger partial charge in [0.15, 0.2) is 0 Å². The molecule has 0 aromatic heterocycles. The van der Waals surface area contributed by atoms with Crippen LogP contribution in [0.5, 0.6) is 0 Å². The normalized spacial score (nSPS) is 8.29. The topological polar surface area (TPSA) is 74.6 Å². The van der Waals surface area contributed by atoms with Gasteiger partial charge in [-0.2, -0.15) is 0 Å². The molecule has 0 saturated heterocycles. The summed E-state index contributed by atoms with van der Waals surface area (Å²) in [6.45, 7) is 0. The molecular formula is H3CrCsNiO4. The summed E-state index contributed by atoms with van der Waals surface area (Å²) in [7, 11) is 0. The van der Waals surface area contributed by atoms with E-state index in [1.54, 1.807) is 0 Å². The fraction of sp³-hybridized carbons (Fsp3) is 0. The van der Waals surface area contributed by atoms with E-state index in [4.69, 9.17) is 15.9 Å². The molecule has 0 amide bonds. The van der Waals surface area contributed by atoms with E-state index in [1.807, 2.05) is 0 Å². The van der Waals surface area contributed by atoms with E-state index < -0.39 is 13.6 Å². The predicted octanol–water partition coefficient (Wildman–Crippen LogP) is -2.01. The summed E-state index contributed by atoms with van der Waals surface area (Å²) in [5.41, 5.74) is 0. The van der Waals surface area contributed by atoms with Gasteiger partial charge in [0.05, 0.1) is 0 Å². The van der Waals surface area contributed by atoms with Crippen molar-refractivity contribution in [2.24, 2.45) is 0 Å². The summed E-state index contributed by atoms with van der Waals surface area (Å²) in [6, 6.07) is 0. The molecule has 0 fully saturated rings. The first-order valence-electron chi connectivity index (χ1n) is 0.698. The Kier molecular flexibility index (Phi) is 15.6. The van der Waals surface area contributed by atoms with Crippen molar-refractivity contribution in [1.82, 2.24) is 0 Å². The van der Waals surface area contributed by atoms with Gasteiger partial charge in [-0.1, -0.05) is 0 Å². The van der Waals surface area contributed by atoms with Gasteiger partial charge in [0.1, 0.15) is 0 Å². The predicted molar refractivity (Wildman–Crippen MR) is 13.0 cm³/mol. The summed E-state index contributed by atoms with van der Waals surface area (Å²) in [4.78, 5) is 0. The minimum absolute atomic E-state index is 0. The maximum atomic E-state index is 8.82. The Hall–Kier alpha value is 2.60. The van der Waals surface area contributed by atoms with E-state index in [9.17, 15) is 0 Å². The molecule has 0 aromatic rings. The molecular weight excluding hydrogens is 308 g/mol. The van der Waals surface area contributed by atoms with Gasteiger partial charge >= 0.3 is 98.4 Å². The third-order valence-electron chi connectivity index (χ3n) is 0. The van der Waals surface area contributed by atoms with Gasteiger partial charge in [-0.25, -0.2) is 0 Å². The van der Waals surface area contributed by atoms with Crippen LogP contribution in [0.25, 0.3) is 0 Å². The molecule has 0 aliphatic heterocycles. The van der Waals surface area contributed by atoms with Gasteiger partial charge in [0, 0.05) is 16.5 Å². The molecule has 7 heteroatoms. The molecule has 4 nitrogen and oxygen atoms in total. The van der Waals surface area contributed by atoms with Gasteiger partial charge in [-0.15, -0.1) is 0 Å². The Morgan fingerprint density at radius 2 is 1.14 bits per heavy atom. The average molecular weight is 311 g/mol. The summed E-state index contributed by atoms with van der Waals surface area (Å²) in [5.74, 6) is 0. The second-order valence-corrected chi connectivity index (χ2v) is 1.85. The van der Waals surface area contributed by atoms with Crippen molar-refractivity contribution in [2.75, 3.05) is 0 Å². The van der Waals surface area contributed by atoms with Crippen LogP contribution in [-0.2, 0) is 37.7 Å². The van der Waals surface area contributed by atoms with Crippen LogP contribution in [-0.4, -0.2) is 77.2 Å². The molecule has 0 rings (SSSR count). The van der Waals surface area contributed by atoms with E-state index in [0.29, 0.717) is 0 Å². The Morgan fingerprint density at radius 3 is 1.14 bits per heavy atom. The monoisotopic (exact) mass is 310 g/mol. The molecule has 0 spiro atoms. The zero-order chi connectivity index (χ0) is 4.50. The van der Waals surface area contributed by atoms with Crippen molar-refractivity contribution in [2.45, 2.75) is 0 Å². The van der Waals surface area contributed by atoms with Gasteiger partial charge < -0.3 is 0 Å². The number of rotatable bonds is 0. The first-order chi connectivity index (χ1) is 2.00. The van der Waals surface area contributed by atoms with Gasteiger partial charge in [-0.3, -0.25) is 0 Å². The molecule has 0 radical (unpaired) electrons. The molecule has 2 N–H and O–H groups in total. The molecule has 44 valence electrons. The Bertz CT molecular complexity index is 94.9. The zero-order valence-corrected chi connectivity index (χ0v) is 4.70. The van der Waals surface area contributed by atoms with E-state index >= 15 is 0 Å². The molecule has 7 heavy (non-hydrogen) atoms. The Morgan fingerprint density at radius 1 is 1.14 bits per heavy atom. The van der Waals surface area contributed by atoms with Crippen LogP contribution >= 0.6 is 0 Å². The van der Waals surface area contributed by atoms with Crippen LogP contribution in [0.1, 0.15) is 0 Å². The summed E-state index contributed by atoms with van der Waals surface area (Å²) in [6.07, 6.45) is 0. The second-order valence-electron chi connectivity index (χ2n) is 0.448. The van der Waals surface area contributed by atoms with Crippen molar-refractivity contribution in [3.63, 3.8) is 0 Å². The van der Waals surface area contributed by atoms with Crippen LogP contribution < -0.4 is 0 Å². The van der Waals surface area contributed by atoms with E-state index in [0.717, 1.165) is 0 Å². The standard InChI is InChI=1S/Cr.Cs.Ni.2H2O.2O.H/h;;;2*1H2;;;/q+2;;;;;;;/p-2. The van der Waals surface area contributed by atoms with Crippen LogP contribution in [0.2, 0.25) is 0 Å². The maximum absolute atomic E-state index is 8.82. The summed E-state index contributed by atoms with van der Waals surface area (Å²) >= 11 is -5.25. The number of hydrogen-bond donors (Lipinski definition) is 2. The van der Waals surface area contributed by atoms with E-state index in [1.165, 1.54) is 0 Å². The van der Waals surface area contributed by atoms with Crippen LogP contribution in [0.15, 0.2) is 0 Å². The summed E-state index contributed by atoms with van der Waals surface area (Å²) in [5, 5.41) is 0. The third kappa shape index (κ3) is 55.5. The van der Waals surface area contributed by atoms with Crippen LogP contribution in [0.4, 0.5) is 0 Å². The SMILES string of the molecule is [CsH].[Ni].[O]=[Cr](=[O])([OH])[OH]. The fourth-order valence-electron chi connectivity index (χ4n) is 0. The Balaban J connectivity index is -0.0000000800. The first-order valence-corrected chi connectivity index (χ1v) is 2.88. The quantitative estimate of drug-likeness (QED) is 0.507. The minimum atomic E-state index is -5.25. The molecule has 0 heterocycles. The van der Waals surface area contributed by atoms with E-state index in [-0.39, 0.29) is 85.4 Å². The van der Waals surface area contributed by atoms with Crippen molar-refractivity contribution < 1.29 is 46.0 Å². The fourth-order valence-corrected chi connectivity index (χ4v) is 0. The molecule has 0 bridgehead atoms. The third-order valence-corrected chi connectivity index (χ3v) is 0. The van der Waals surface area contributed by atoms with Crippen molar-refractivity contribution in [3.8, 4) is 0 Å².